The molecule has 3 amide bonds. The minimum Gasteiger partial charge on any atom is -0.469 e. The first-order valence-electron chi connectivity index (χ1n) is 8.26. The molecule has 0 fully saturated rings. The lowest BCUT2D eigenvalue weighted by Gasteiger charge is -2.26. The van der Waals surface area contributed by atoms with E-state index < -0.39 is 17.7 Å². The number of fused-ring (bicyclic) bond motifs is 1. The van der Waals surface area contributed by atoms with Crippen molar-refractivity contribution in [2.75, 3.05) is 18.7 Å². The number of nitrogens with one attached hydrogen (secondary N) is 1. The van der Waals surface area contributed by atoms with Crippen LogP contribution in [0.25, 0.3) is 11.5 Å². The Morgan fingerprint density at radius 1 is 1.30 bits per heavy atom. The number of carbonyl (C=O) groups is 2. The maximum atomic E-state index is 12.7. The summed E-state index contributed by atoms with van der Waals surface area (Å²) < 4.78 is 16.3. The van der Waals surface area contributed by atoms with Gasteiger partial charge in [0.15, 0.2) is 6.73 Å². The van der Waals surface area contributed by atoms with Crippen LogP contribution in [0.2, 0.25) is 0 Å². The highest BCUT2D eigenvalue weighted by atomic mass is 16.6. The first-order chi connectivity index (χ1) is 12.6. The number of hydrogen-bond donors (Lipinski definition) is 1. The number of amides is 3. The Morgan fingerprint density at radius 3 is 2.67 bits per heavy atom. The topological polar surface area (TPSA) is 110 Å². The second-order valence-electron chi connectivity index (χ2n) is 6.97. The van der Waals surface area contributed by atoms with Gasteiger partial charge in [-0.05, 0) is 39.0 Å². The summed E-state index contributed by atoms with van der Waals surface area (Å²) in [5, 5.41) is 8.81. The molecule has 2 aromatic rings. The van der Waals surface area contributed by atoms with Gasteiger partial charge in [0, 0.05) is 19.5 Å². The van der Waals surface area contributed by atoms with Gasteiger partial charge in [-0.15, -0.1) is 10.2 Å². The number of rotatable bonds is 2. The van der Waals surface area contributed by atoms with Crippen LogP contribution in [0.5, 0.6) is 5.75 Å². The molecule has 0 saturated carbocycles. The maximum Gasteiger partial charge on any atom is 0.426 e. The first-order valence-corrected chi connectivity index (χ1v) is 8.26. The predicted molar refractivity (Wildman–Crippen MR) is 95.0 cm³/mol. The number of nitrogens with zero attached hydrogens (tertiary/aromatic N) is 4. The van der Waals surface area contributed by atoms with E-state index in [1.165, 1.54) is 4.90 Å². The number of carbonyl (C=O) groups excluding carboxylic acids is 2. The molecule has 1 aliphatic heterocycles. The van der Waals surface area contributed by atoms with Crippen LogP contribution in [0.15, 0.2) is 22.6 Å². The van der Waals surface area contributed by atoms with E-state index >= 15 is 0 Å². The van der Waals surface area contributed by atoms with Crippen molar-refractivity contribution < 1.29 is 23.5 Å². The Morgan fingerprint density at radius 2 is 2.04 bits per heavy atom. The molecule has 144 valence electrons. The van der Waals surface area contributed by atoms with Crippen molar-refractivity contribution in [2.45, 2.75) is 33.3 Å². The quantitative estimate of drug-likeness (QED) is 0.859. The van der Waals surface area contributed by atoms with Gasteiger partial charge in [-0.3, -0.25) is 4.90 Å². The zero-order chi connectivity index (χ0) is 19.8. The summed E-state index contributed by atoms with van der Waals surface area (Å²) in [5.41, 5.74) is 2.85. The molecule has 0 atom stereocenters. The number of aromatic nitrogens is 2. The van der Waals surface area contributed by atoms with Crippen LogP contribution < -0.4 is 15.1 Å². The first kappa shape index (κ1) is 18.5. The number of aryl methyl sites for hydroxylation is 1. The van der Waals surface area contributed by atoms with E-state index in [0.29, 0.717) is 28.8 Å². The number of urea groups is 1. The Labute approximate surface area is 156 Å². The van der Waals surface area contributed by atoms with Gasteiger partial charge in [0.05, 0.1) is 5.69 Å². The number of benzene rings is 1. The average molecular weight is 375 g/mol. The third-order valence-corrected chi connectivity index (χ3v) is 3.59. The van der Waals surface area contributed by atoms with Crippen LogP contribution in [-0.4, -0.2) is 46.7 Å². The van der Waals surface area contributed by atoms with Gasteiger partial charge in [0.25, 0.3) is 0 Å². The summed E-state index contributed by atoms with van der Waals surface area (Å²) in [6.45, 7) is 6.72. The number of ether oxygens (including phenoxy) is 2. The summed E-state index contributed by atoms with van der Waals surface area (Å²) in [6.07, 6.45) is -0.749. The summed E-state index contributed by atoms with van der Waals surface area (Å²) in [6, 6.07) is 4.67. The lowest BCUT2D eigenvalue weighted by Crippen LogP contribution is -2.52. The van der Waals surface area contributed by atoms with E-state index in [2.05, 4.69) is 15.6 Å². The molecule has 0 spiro atoms. The van der Waals surface area contributed by atoms with Gasteiger partial charge in [0.2, 0.25) is 11.8 Å². The van der Waals surface area contributed by atoms with Gasteiger partial charge in [-0.25, -0.2) is 15.0 Å². The second kappa shape index (κ2) is 6.78. The number of hydrogen-bond acceptors (Lipinski definition) is 7. The van der Waals surface area contributed by atoms with Crippen molar-refractivity contribution >= 4 is 17.8 Å². The molecule has 0 radical (unpaired) electrons. The lowest BCUT2D eigenvalue weighted by atomic mass is 10.1. The number of hydrazine groups is 1. The molecule has 1 aromatic carbocycles. The van der Waals surface area contributed by atoms with Crippen LogP contribution in [0, 0.1) is 6.92 Å². The Kier molecular flexibility index (Phi) is 4.64. The van der Waals surface area contributed by atoms with Crippen molar-refractivity contribution in [3.8, 4) is 17.2 Å². The average Bonchev–Trinajstić information content (AvgIpc) is 2.97. The molecule has 1 aliphatic rings. The summed E-state index contributed by atoms with van der Waals surface area (Å²) in [4.78, 5) is 26.0. The van der Waals surface area contributed by atoms with Crippen molar-refractivity contribution in [1.82, 2.24) is 20.6 Å². The standard InChI is InChI=1S/C17H21N5O5/c1-10-18-19-14(26-10)11-6-7-13-12(8-11)21(5)16(24)22(9-25-13)20-15(23)27-17(2,3)4/h6-8H,9H2,1-5H3,(H,20,23). The molecule has 10 heteroatoms. The fourth-order valence-electron chi connectivity index (χ4n) is 2.41. The van der Waals surface area contributed by atoms with E-state index in [9.17, 15) is 9.59 Å². The van der Waals surface area contributed by atoms with Gasteiger partial charge >= 0.3 is 12.1 Å². The van der Waals surface area contributed by atoms with Crippen molar-refractivity contribution in [1.29, 1.82) is 0 Å². The van der Waals surface area contributed by atoms with Crippen LogP contribution in [-0.2, 0) is 4.74 Å². The molecule has 10 nitrogen and oxygen atoms in total. The molecule has 27 heavy (non-hydrogen) atoms. The minimum atomic E-state index is -0.749. The highest BCUT2D eigenvalue weighted by Crippen LogP contribution is 2.34. The normalized spacial score (nSPS) is 14.3. The van der Waals surface area contributed by atoms with Crippen LogP contribution in [0.4, 0.5) is 15.3 Å². The largest absolute Gasteiger partial charge is 0.469 e. The molecule has 3 rings (SSSR count). The third kappa shape index (κ3) is 4.10. The zero-order valence-corrected chi connectivity index (χ0v) is 15.8. The minimum absolute atomic E-state index is 0.172. The van der Waals surface area contributed by atoms with Gasteiger partial charge in [-0.1, -0.05) is 0 Å². The van der Waals surface area contributed by atoms with Gasteiger partial charge in [0.1, 0.15) is 11.4 Å². The fraction of sp³-hybridized carbons (Fsp3) is 0.412. The summed E-state index contributed by atoms with van der Waals surface area (Å²) in [5.74, 6) is 1.25. The highest BCUT2D eigenvalue weighted by molar-refractivity contribution is 5.95. The molecular formula is C17H21N5O5. The molecule has 2 heterocycles. The van der Waals surface area contributed by atoms with Crippen LogP contribution in [0.1, 0.15) is 26.7 Å². The van der Waals surface area contributed by atoms with Crippen LogP contribution >= 0.6 is 0 Å². The SMILES string of the molecule is Cc1nnc(-c2ccc3c(c2)N(C)C(=O)N(NC(=O)OC(C)(C)C)CO3)o1. The molecule has 1 aromatic heterocycles. The highest BCUT2D eigenvalue weighted by Gasteiger charge is 2.29. The second-order valence-corrected chi connectivity index (χ2v) is 6.97. The van der Waals surface area contributed by atoms with E-state index in [1.54, 1.807) is 52.9 Å². The fourth-order valence-corrected chi connectivity index (χ4v) is 2.41. The van der Waals surface area contributed by atoms with E-state index in [1.807, 2.05) is 0 Å². The van der Waals surface area contributed by atoms with E-state index in [0.717, 1.165) is 5.01 Å². The van der Waals surface area contributed by atoms with E-state index in [4.69, 9.17) is 13.9 Å². The maximum absolute atomic E-state index is 12.7. The Hall–Kier alpha value is -3.30. The lowest BCUT2D eigenvalue weighted by molar-refractivity contribution is 0.0290. The molecule has 0 aliphatic carbocycles. The predicted octanol–water partition coefficient (Wildman–Crippen LogP) is 2.69. The molecule has 0 bridgehead atoms. The molecular weight excluding hydrogens is 354 g/mol. The summed E-state index contributed by atoms with van der Waals surface area (Å²) in [7, 11) is 1.57. The van der Waals surface area contributed by atoms with Crippen molar-refractivity contribution in [2.24, 2.45) is 0 Å². The van der Waals surface area contributed by atoms with Crippen molar-refractivity contribution in [3.05, 3.63) is 24.1 Å². The molecule has 0 saturated heterocycles. The summed E-state index contributed by atoms with van der Waals surface area (Å²) >= 11 is 0. The third-order valence-electron chi connectivity index (χ3n) is 3.59. The van der Waals surface area contributed by atoms with Crippen molar-refractivity contribution in [3.63, 3.8) is 0 Å². The zero-order valence-electron chi connectivity index (χ0n) is 15.8. The number of anilines is 1. The molecule has 1 N–H and O–H groups in total. The van der Waals surface area contributed by atoms with Gasteiger partial charge < -0.3 is 13.9 Å². The monoisotopic (exact) mass is 375 g/mol. The van der Waals surface area contributed by atoms with Crippen LogP contribution in [0.3, 0.4) is 0 Å². The van der Waals surface area contributed by atoms with Gasteiger partial charge in [-0.2, -0.15) is 5.01 Å². The Balaban J connectivity index is 1.82. The Bertz CT molecular complexity index is 873. The van der Waals surface area contributed by atoms with E-state index in [-0.39, 0.29) is 6.73 Å². The smallest absolute Gasteiger partial charge is 0.426 e. The molecule has 0 unspecified atom stereocenters.